The van der Waals surface area contributed by atoms with Crippen molar-refractivity contribution in [3.05, 3.63) is 36.0 Å². The molecule has 1 saturated heterocycles. The number of hydrogen-bond donors (Lipinski definition) is 0. The Morgan fingerprint density at radius 3 is 2.65 bits per heavy atom. The van der Waals surface area contributed by atoms with E-state index < -0.39 is 0 Å². The molecule has 3 rings (SSSR count). The van der Waals surface area contributed by atoms with E-state index in [2.05, 4.69) is 15.2 Å². The summed E-state index contributed by atoms with van der Waals surface area (Å²) in [6.45, 7) is 4.23. The zero-order valence-electron chi connectivity index (χ0n) is 11.2. The van der Waals surface area contributed by atoms with E-state index in [0.717, 1.165) is 5.82 Å². The van der Waals surface area contributed by atoms with Crippen LogP contribution in [0.25, 0.3) is 5.82 Å². The fraction of sp³-hybridized carbons (Fsp3) is 0.385. The summed E-state index contributed by atoms with van der Waals surface area (Å²) < 4.78 is 7.04. The average Bonchev–Trinajstić information content (AvgIpc) is 2.94. The molecule has 3 heterocycles. The molecular formula is C13H15N5O2. The first-order valence-electron chi connectivity index (χ1n) is 6.47. The van der Waals surface area contributed by atoms with Crippen LogP contribution in [0.5, 0.6) is 0 Å². The van der Waals surface area contributed by atoms with Crippen molar-refractivity contribution in [2.75, 3.05) is 26.3 Å². The quantitative estimate of drug-likeness (QED) is 0.794. The molecule has 0 aromatic carbocycles. The third-order valence-corrected chi connectivity index (χ3v) is 3.24. The molecule has 0 N–H and O–H groups in total. The highest BCUT2D eigenvalue weighted by atomic mass is 16.5. The molecule has 1 fully saturated rings. The number of hydrogen-bond acceptors (Lipinski definition) is 5. The molecule has 0 aliphatic carbocycles. The van der Waals surface area contributed by atoms with Crippen molar-refractivity contribution >= 4 is 5.91 Å². The number of aromatic nitrogens is 4. The predicted octanol–water partition coefficient (Wildman–Crippen LogP) is 0.443. The first-order chi connectivity index (χ1) is 9.75. The van der Waals surface area contributed by atoms with Crippen LogP contribution in [-0.2, 0) is 4.74 Å². The highest BCUT2D eigenvalue weighted by Gasteiger charge is 2.20. The van der Waals surface area contributed by atoms with Gasteiger partial charge in [0.05, 0.1) is 13.2 Å². The van der Waals surface area contributed by atoms with Gasteiger partial charge in [0.1, 0.15) is 5.82 Å². The van der Waals surface area contributed by atoms with E-state index in [9.17, 15) is 4.79 Å². The summed E-state index contributed by atoms with van der Waals surface area (Å²) in [4.78, 5) is 18.1. The van der Waals surface area contributed by atoms with Gasteiger partial charge in [-0.3, -0.25) is 9.36 Å². The van der Waals surface area contributed by atoms with E-state index in [1.807, 2.05) is 17.7 Å². The van der Waals surface area contributed by atoms with Crippen molar-refractivity contribution in [1.29, 1.82) is 0 Å². The number of carbonyl (C=O) groups is 1. The maximum Gasteiger partial charge on any atom is 0.274 e. The number of amides is 1. The Morgan fingerprint density at radius 1 is 1.25 bits per heavy atom. The summed E-state index contributed by atoms with van der Waals surface area (Å²) in [5.74, 6) is 1.37. The van der Waals surface area contributed by atoms with Gasteiger partial charge >= 0.3 is 0 Å². The number of rotatable bonds is 2. The molecule has 1 aliphatic heterocycles. The van der Waals surface area contributed by atoms with Gasteiger partial charge in [-0.2, -0.15) is 0 Å². The van der Waals surface area contributed by atoms with Crippen LogP contribution < -0.4 is 0 Å². The summed E-state index contributed by atoms with van der Waals surface area (Å²) >= 11 is 0. The van der Waals surface area contributed by atoms with Crippen LogP contribution in [0.4, 0.5) is 0 Å². The minimum absolute atomic E-state index is 0.102. The third kappa shape index (κ3) is 2.39. The van der Waals surface area contributed by atoms with Crippen LogP contribution in [0.2, 0.25) is 0 Å². The third-order valence-electron chi connectivity index (χ3n) is 3.24. The minimum Gasteiger partial charge on any atom is -0.378 e. The topological polar surface area (TPSA) is 73.1 Å². The Labute approximate surface area is 116 Å². The fourth-order valence-electron chi connectivity index (χ4n) is 2.12. The molecule has 1 amide bonds. The maximum absolute atomic E-state index is 12.2. The molecule has 0 unspecified atom stereocenters. The number of morpholine rings is 1. The number of aryl methyl sites for hydroxylation is 1. The lowest BCUT2D eigenvalue weighted by Crippen LogP contribution is -2.41. The standard InChI is InChI=1S/C13H15N5O2/c1-10-14-4-5-18(10)12-3-2-11(15-16-12)13(19)17-6-8-20-9-7-17/h2-5H,6-9H2,1H3. The van der Waals surface area contributed by atoms with E-state index in [1.165, 1.54) is 0 Å². The minimum atomic E-state index is -0.102. The lowest BCUT2D eigenvalue weighted by Gasteiger charge is -2.26. The molecule has 2 aromatic rings. The maximum atomic E-state index is 12.2. The normalized spacial score (nSPS) is 15.3. The molecule has 2 aromatic heterocycles. The predicted molar refractivity (Wildman–Crippen MR) is 70.6 cm³/mol. The van der Waals surface area contributed by atoms with Crippen molar-refractivity contribution in [3.8, 4) is 5.82 Å². The smallest absolute Gasteiger partial charge is 0.274 e. The van der Waals surface area contributed by atoms with Gasteiger partial charge in [-0.25, -0.2) is 4.98 Å². The van der Waals surface area contributed by atoms with E-state index in [-0.39, 0.29) is 5.91 Å². The molecule has 20 heavy (non-hydrogen) atoms. The summed E-state index contributed by atoms with van der Waals surface area (Å²) in [6.07, 6.45) is 3.51. The highest BCUT2D eigenvalue weighted by molar-refractivity contribution is 5.92. The van der Waals surface area contributed by atoms with Crippen LogP contribution in [0.15, 0.2) is 24.5 Å². The SMILES string of the molecule is Cc1nccn1-c1ccc(C(=O)N2CCOCC2)nn1. The average molecular weight is 273 g/mol. The number of imidazole rings is 1. The zero-order chi connectivity index (χ0) is 13.9. The molecule has 0 spiro atoms. The van der Waals surface area contributed by atoms with Gasteiger partial charge in [0, 0.05) is 25.5 Å². The van der Waals surface area contributed by atoms with Crippen molar-refractivity contribution in [1.82, 2.24) is 24.6 Å². The second-order valence-electron chi connectivity index (χ2n) is 4.53. The van der Waals surface area contributed by atoms with Crippen molar-refractivity contribution in [3.63, 3.8) is 0 Å². The Balaban J connectivity index is 1.79. The summed E-state index contributed by atoms with van der Waals surface area (Å²) in [5, 5.41) is 8.11. The van der Waals surface area contributed by atoms with Crippen molar-refractivity contribution in [2.45, 2.75) is 6.92 Å². The molecule has 1 aliphatic rings. The summed E-state index contributed by atoms with van der Waals surface area (Å²) in [6, 6.07) is 3.47. The van der Waals surface area contributed by atoms with Gasteiger partial charge in [-0.15, -0.1) is 10.2 Å². The molecule has 0 saturated carbocycles. The van der Waals surface area contributed by atoms with Gasteiger partial charge in [-0.1, -0.05) is 0 Å². The van der Waals surface area contributed by atoms with Gasteiger partial charge in [-0.05, 0) is 19.1 Å². The Kier molecular flexibility index (Phi) is 3.42. The number of nitrogens with zero attached hydrogens (tertiary/aromatic N) is 5. The summed E-state index contributed by atoms with van der Waals surface area (Å²) in [7, 11) is 0. The molecule has 0 atom stereocenters. The molecule has 0 radical (unpaired) electrons. The molecular weight excluding hydrogens is 258 g/mol. The largest absolute Gasteiger partial charge is 0.378 e. The Morgan fingerprint density at radius 2 is 2.05 bits per heavy atom. The van der Waals surface area contributed by atoms with Crippen LogP contribution in [0.1, 0.15) is 16.3 Å². The van der Waals surface area contributed by atoms with E-state index in [0.29, 0.717) is 37.8 Å². The van der Waals surface area contributed by atoms with Crippen LogP contribution >= 0.6 is 0 Å². The Bertz CT molecular complexity index is 601. The molecule has 7 heteroatoms. The molecule has 0 bridgehead atoms. The van der Waals surface area contributed by atoms with E-state index in [4.69, 9.17) is 4.74 Å². The first kappa shape index (κ1) is 12.7. The van der Waals surface area contributed by atoms with E-state index in [1.54, 1.807) is 23.2 Å². The monoisotopic (exact) mass is 273 g/mol. The molecule has 104 valence electrons. The van der Waals surface area contributed by atoms with Crippen LogP contribution in [0.3, 0.4) is 0 Å². The van der Waals surface area contributed by atoms with Gasteiger partial charge in [0.15, 0.2) is 11.5 Å². The van der Waals surface area contributed by atoms with Crippen LogP contribution in [-0.4, -0.2) is 56.9 Å². The Hall–Kier alpha value is -2.28. The van der Waals surface area contributed by atoms with E-state index >= 15 is 0 Å². The van der Waals surface area contributed by atoms with Gasteiger partial charge in [0.2, 0.25) is 0 Å². The van der Waals surface area contributed by atoms with Crippen molar-refractivity contribution < 1.29 is 9.53 Å². The lowest BCUT2D eigenvalue weighted by molar-refractivity contribution is 0.0298. The number of ether oxygens (including phenoxy) is 1. The highest BCUT2D eigenvalue weighted by Crippen LogP contribution is 2.09. The summed E-state index contributed by atoms with van der Waals surface area (Å²) in [5.41, 5.74) is 0.355. The fourth-order valence-corrected chi connectivity index (χ4v) is 2.12. The second kappa shape index (κ2) is 5.38. The van der Waals surface area contributed by atoms with Gasteiger partial charge < -0.3 is 9.64 Å². The van der Waals surface area contributed by atoms with Crippen molar-refractivity contribution in [2.24, 2.45) is 0 Å². The lowest BCUT2D eigenvalue weighted by atomic mass is 10.3. The van der Waals surface area contributed by atoms with Gasteiger partial charge in [0.25, 0.3) is 5.91 Å². The molecule has 7 nitrogen and oxygen atoms in total. The first-order valence-corrected chi connectivity index (χ1v) is 6.47. The second-order valence-corrected chi connectivity index (χ2v) is 4.53. The number of carbonyl (C=O) groups excluding carboxylic acids is 1. The zero-order valence-corrected chi connectivity index (χ0v) is 11.2. The van der Waals surface area contributed by atoms with Crippen LogP contribution in [0, 0.1) is 6.92 Å².